The Balaban J connectivity index is 1.63. The highest BCUT2D eigenvalue weighted by molar-refractivity contribution is 4.92. The fraction of sp³-hybridized carbons (Fsp3) is 1.00. The minimum Gasteiger partial charge on any atom is -0.634 e. The summed E-state index contributed by atoms with van der Waals surface area (Å²) in [4.78, 5) is 0. The van der Waals surface area contributed by atoms with Gasteiger partial charge in [0.2, 0.25) is 0 Å². The van der Waals surface area contributed by atoms with E-state index < -0.39 is 0 Å². The standard InChI is InChI=1S/C16H30N2O/c1-12-9-13(11-14-5-2-3-8-18(14)19)15-6-4-7-17-16(15)10-12/h12-18H,2-11H2,1H3/t12-,13-,14?,15-,16-/m1/s1. The van der Waals surface area contributed by atoms with Crippen molar-refractivity contribution < 1.29 is 5.06 Å². The van der Waals surface area contributed by atoms with Crippen molar-refractivity contribution in [2.75, 3.05) is 13.1 Å². The molecule has 3 heteroatoms. The summed E-state index contributed by atoms with van der Waals surface area (Å²) in [5.41, 5.74) is 0. The molecule has 0 amide bonds. The van der Waals surface area contributed by atoms with Gasteiger partial charge in [0.25, 0.3) is 0 Å². The maximum absolute atomic E-state index is 12.1. The fourth-order valence-corrected chi connectivity index (χ4v) is 4.96. The Labute approximate surface area is 117 Å². The van der Waals surface area contributed by atoms with Crippen molar-refractivity contribution >= 4 is 0 Å². The summed E-state index contributed by atoms with van der Waals surface area (Å²) in [6.45, 7) is 4.48. The fourth-order valence-electron chi connectivity index (χ4n) is 4.96. The zero-order chi connectivity index (χ0) is 13.2. The smallest absolute Gasteiger partial charge is 0.0874 e. The lowest BCUT2D eigenvalue weighted by Crippen LogP contribution is -3.12. The number of rotatable bonds is 2. The zero-order valence-electron chi connectivity index (χ0n) is 12.4. The van der Waals surface area contributed by atoms with Gasteiger partial charge in [0.1, 0.15) is 0 Å². The van der Waals surface area contributed by atoms with E-state index in [1.165, 1.54) is 51.5 Å². The summed E-state index contributed by atoms with van der Waals surface area (Å²) in [6.07, 6.45) is 10.3. The predicted molar refractivity (Wildman–Crippen MR) is 77.9 cm³/mol. The van der Waals surface area contributed by atoms with E-state index in [1.807, 2.05) is 0 Å². The van der Waals surface area contributed by atoms with Gasteiger partial charge in [0.15, 0.2) is 0 Å². The van der Waals surface area contributed by atoms with E-state index in [0.717, 1.165) is 36.8 Å². The summed E-state index contributed by atoms with van der Waals surface area (Å²) in [7, 11) is 0. The van der Waals surface area contributed by atoms with Crippen molar-refractivity contribution in [2.24, 2.45) is 17.8 Å². The molecule has 0 aromatic heterocycles. The third-order valence-electron chi connectivity index (χ3n) is 5.87. The molecule has 3 aliphatic rings. The Bertz CT molecular complexity index is 296. The second kappa shape index (κ2) is 6.11. The number of hydrogen-bond acceptors (Lipinski definition) is 2. The second-order valence-corrected chi connectivity index (χ2v) is 7.35. The van der Waals surface area contributed by atoms with Gasteiger partial charge in [-0.3, -0.25) is 0 Å². The number of hydrogen-bond donors (Lipinski definition) is 2. The average Bonchev–Trinajstić information content (AvgIpc) is 2.41. The Hall–Kier alpha value is -0.120. The Morgan fingerprint density at radius 2 is 2.05 bits per heavy atom. The van der Waals surface area contributed by atoms with E-state index in [2.05, 4.69) is 12.2 Å². The molecule has 3 nitrogen and oxygen atoms in total. The van der Waals surface area contributed by atoms with Gasteiger partial charge in [-0.1, -0.05) is 6.92 Å². The highest BCUT2D eigenvalue weighted by Gasteiger charge is 2.39. The van der Waals surface area contributed by atoms with Crippen LogP contribution in [0, 0.1) is 23.0 Å². The van der Waals surface area contributed by atoms with Crippen molar-refractivity contribution in [2.45, 2.75) is 70.4 Å². The minimum absolute atomic E-state index is 0.409. The topological polar surface area (TPSA) is 39.5 Å². The average molecular weight is 266 g/mol. The quantitative estimate of drug-likeness (QED) is 0.747. The van der Waals surface area contributed by atoms with Crippen LogP contribution in [0.3, 0.4) is 0 Å². The first-order valence-electron chi connectivity index (χ1n) is 8.50. The molecule has 2 unspecified atom stereocenters. The first-order valence-corrected chi connectivity index (χ1v) is 8.50. The van der Waals surface area contributed by atoms with Crippen molar-refractivity contribution in [1.29, 1.82) is 0 Å². The highest BCUT2D eigenvalue weighted by Crippen LogP contribution is 2.40. The summed E-state index contributed by atoms with van der Waals surface area (Å²) >= 11 is 0. The van der Waals surface area contributed by atoms with Crippen LogP contribution in [0.15, 0.2) is 0 Å². The van der Waals surface area contributed by atoms with E-state index in [1.54, 1.807) is 0 Å². The maximum atomic E-state index is 12.1. The molecular formula is C16H30N2O. The molecule has 3 rings (SSSR count). The molecule has 1 aliphatic carbocycles. The molecular weight excluding hydrogens is 236 g/mol. The van der Waals surface area contributed by atoms with E-state index in [9.17, 15) is 5.21 Å². The van der Waals surface area contributed by atoms with E-state index in [0.29, 0.717) is 11.1 Å². The van der Waals surface area contributed by atoms with Crippen LogP contribution in [0.25, 0.3) is 0 Å². The lowest BCUT2D eigenvalue weighted by molar-refractivity contribution is -0.882. The molecule has 2 N–H and O–H groups in total. The molecule has 1 saturated carbocycles. The molecule has 19 heavy (non-hydrogen) atoms. The number of nitrogens with one attached hydrogen (secondary N) is 2. The number of hydroxylamine groups is 2. The summed E-state index contributed by atoms with van der Waals surface area (Å²) < 4.78 is 0. The summed E-state index contributed by atoms with van der Waals surface area (Å²) in [5.74, 6) is 2.52. The maximum Gasteiger partial charge on any atom is 0.0874 e. The van der Waals surface area contributed by atoms with E-state index >= 15 is 0 Å². The Kier molecular flexibility index (Phi) is 4.45. The summed E-state index contributed by atoms with van der Waals surface area (Å²) in [6, 6.07) is 1.16. The lowest BCUT2D eigenvalue weighted by Gasteiger charge is -2.46. The third-order valence-corrected chi connectivity index (χ3v) is 5.87. The van der Waals surface area contributed by atoms with Gasteiger partial charge in [-0.15, -0.1) is 0 Å². The molecule has 3 fully saturated rings. The van der Waals surface area contributed by atoms with Gasteiger partial charge in [0.05, 0.1) is 12.6 Å². The largest absolute Gasteiger partial charge is 0.634 e. The van der Waals surface area contributed by atoms with Crippen molar-refractivity contribution in [3.8, 4) is 0 Å². The number of fused-ring (bicyclic) bond motifs is 1. The molecule has 0 aromatic carbocycles. The van der Waals surface area contributed by atoms with Gasteiger partial charge in [-0.2, -0.15) is 0 Å². The first kappa shape index (κ1) is 13.8. The lowest BCUT2D eigenvalue weighted by atomic mass is 9.66. The molecule has 0 bridgehead atoms. The monoisotopic (exact) mass is 266 g/mol. The third kappa shape index (κ3) is 3.14. The zero-order valence-corrected chi connectivity index (χ0v) is 12.4. The molecule has 110 valence electrons. The molecule has 2 saturated heterocycles. The van der Waals surface area contributed by atoms with Crippen LogP contribution in [0.1, 0.15) is 58.3 Å². The molecule has 0 radical (unpaired) electrons. The van der Waals surface area contributed by atoms with Crippen LogP contribution in [0.2, 0.25) is 0 Å². The second-order valence-electron chi connectivity index (χ2n) is 7.35. The predicted octanol–water partition coefficient (Wildman–Crippen LogP) is 1.73. The van der Waals surface area contributed by atoms with Crippen LogP contribution in [0.5, 0.6) is 0 Å². The molecule has 6 atom stereocenters. The van der Waals surface area contributed by atoms with E-state index in [4.69, 9.17) is 0 Å². The summed E-state index contributed by atoms with van der Waals surface area (Å²) in [5, 5.41) is 16.4. The normalized spacial score (nSPS) is 47.7. The van der Waals surface area contributed by atoms with Gasteiger partial charge in [-0.25, -0.2) is 0 Å². The van der Waals surface area contributed by atoms with E-state index in [-0.39, 0.29) is 0 Å². The van der Waals surface area contributed by atoms with Gasteiger partial charge in [0, 0.05) is 12.5 Å². The van der Waals surface area contributed by atoms with Crippen LogP contribution >= 0.6 is 0 Å². The Morgan fingerprint density at radius 3 is 2.89 bits per heavy atom. The minimum atomic E-state index is 0.409. The number of piperidine rings is 2. The first-order chi connectivity index (χ1) is 9.24. The number of quaternary nitrogens is 1. The van der Waals surface area contributed by atoms with Gasteiger partial charge in [-0.05, 0) is 69.2 Å². The van der Waals surface area contributed by atoms with Gasteiger partial charge >= 0.3 is 0 Å². The Morgan fingerprint density at radius 1 is 1.16 bits per heavy atom. The van der Waals surface area contributed by atoms with Crippen LogP contribution in [0.4, 0.5) is 0 Å². The molecule has 0 aromatic rings. The highest BCUT2D eigenvalue weighted by atomic mass is 16.5. The van der Waals surface area contributed by atoms with Crippen LogP contribution in [-0.4, -0.2) is 25.2 Å². The molecule has 2 heterocycles. The van der Waals surface area contributed by atoms with Crippen LogP contribution < -0.4 is 10.4 Å². The SMILES string of the molecule is C[C@@H]1C[C@H](CC2CCCC[NH+]2[O-])[C@H]2CCCN[C@@H]2C1. The molecule has 2 aliphatic heterocycles. The van der Waals surface area contributed by atoms with Crippen molar-refractivity contribution in [3.05, 3.63) is 5.21 Å². The van der Waals surface area contributed by atoms with Crippen molar-refractivity contribution in [1.82, 2.24) is 5.32 Å². The van der Waals surface area contributed by atoms with Crippen LogP contribution in [-0.2, 0) is 0 Å². The molecule has 0 spiro atoms. The van der Waals surface area contributed by atoms with Crippen molar-refractivity contribution in [3.63, 3.8) is 0 Å². The van der Waals surface area contributed by atoms with Gasteiger partial charge < -0.3 is 15.6 Å².